The Bertz CT molecular complexity index is 180. The van der Waals surface area contributed by atoms with Crippen molar-refractivity contribution < 1.29 is 20.2 Å². The standard InChI is InChI=1S/C13H30N2O3/c1-4-5-6-7-8-9-10-15(17)14-13(11-18-3)12(2)16/h12-14,16-17H,4-11H2,1-3H3/p+1. The van der Waals surface area contributed by atoms with Gasteiger partial charge in [0.2, 0.25) is 0 Å². The third kappa shape index (κ3) is 9.79. The van der Waals surface area contributed by atoms with Gasteiger partial charge in [-0.2, -0.15) is 5.21 Å². The summed E-state index contributed by atoms with van der Waals surface area (Å²) in [5.74, 6) is 0. The number of quaternary nitrogens is 1. The van der Waals surface area contributed by atoms with Gasteiger partial charge in [0.25, 0.3) is 0 Å². The summed E-state index contributed by atoms with van der Waals surface area (Å²) in [5.41, 5.74) is 2.92. The van der Waals surface area contributed by atoms with Crippen molar-refractivity contribution in [2.75, 3.05) is 20.3 Å². The van der Waals surface area contributed by atoms with Crippen LogP contribution in [0.1, 0.15) is 52.4 Å². The summed E-state index contributed by atoms with van der Waals surface area (Å²) in [7, 11) is 1.59. The number of hydrogen-bond donors (Lipinski definition) is 4. The monoisotopic (exact) mass is 263 g/mol. The van der Waals surface area contributed by atoms with Crippen molar-refractivity contribution >= 4 is 0 Å². The molecule has 18 heavy (non-hydrogen) atoms. The molecule has 0 saturated carbocycles. The molecule has 0 aliphatic rings. The zero-order valence-corrected chi connectivity index (χ0v) is 12.1. The molecule has 110 valence electrons. The number of methoxy groups -OCH3 is 1. The summed E-state index contributed by atoms with van der Waals surface area (Å²) in [5, 5.41) is 19.5. The van der Waals surface area contributed by atoms with E-state index in [1.807, 2.05) is 0 Å². The molecule has 0 aromatic heterocycles. The van der Waals surface area contributed by atoms with Gasteiger partial charge < -0.3 is 9.84 Å². The zero-order chi connectivity index (χ0) is 13.8. The number of rotatable bonds is 12. The molecule has 0 radical (unpaired) electrons. The Balaban J connectivity index is 3.58. The van der Waals surface area contributed by atoms with E-state index in [1.54, 1.807) is 14.0 Å². The topological polar surface area (TPSA) is 66.2 Å². The molecule has 0 rings (SSSR count). The van der Waals surface area contributed by atoms with E-state index in [0.29, 0.717) is 13.2 Å². The molecule has 3 atom stereocenters. The van der Waals surface area contributed by atoms with Crippen LogP contribution in [0.15, 0.2) is 0 Å². The third-order valence-corrected chi connectivity index (χ3v) is 3.05. The van der Waals surface area contributed by atoms with E-state index in [0.717, 1.165) is 12.8 Å². The number of hydrogen-bond acceptors (Lipinski definition) is 4. The van der Waals surface area contributed by atoms with E-state index in [9.17, 15) is 10.3 Å². The van der Waals surface area contributed by atoms with Gasteiger partial charge in [0.15, 0.2) is 0 Å². The Hall–Kier alpha value is -0.200. The SMILES string of the molecule is CCCCCCCC[NH+](O)NC(COC)C(C)O. The van der Waals surface area contributed by atoms with Crippen LogP contribution in [0.5, 0.6) is 0 Å². The highest BCUT2D eigenvalue weighted by molar-refractivity contribution is 4.66. The number of ether oxygens (including phenoxy) is 1. The number of unbranched alkanes of at least 4 members (excludes halogenated alkanes) is 5. The van der Waals surface area contributed by atoms with Crippen molar-refractivity contribution in [2.24, 2.45) is 0 Å². The first-order chi connectivity index (χ1) is 8.61. The van der Waals surface area contributed by atoms with Crippen molar-refractivity contribution in [3.05, 3.63) is 0 Å². The molecular formula is C13H31N2O3+. The van der Waals surface area contributed by atoms with Gasteiger partial charge in [-0.05, 0) is 13.3 Å². The average molecular weight is 263 g/mol. The Morgan fingerprint density at radius 1 is 1.17 bits per heavy atom. The molecular weight excluding hydrogens is 232 g/mol. The Kier molecular flexibility index (Phi) is 11.7. The van der Waals surface area contributed by atoms with E-state index in [2.05, 4.69) is 12.3 Å². The van der Waals surface area contributed by atoms with E-state index in [4.69, 9.17) is 4.74 Å². The molecule has 5 nitrogen and oxygen atoms in total. The van der Waals surface area contributed by atoms with Gasteiger partial charge in [-0.25, -0.2) is 0 Å². The van der Waals surface area contributed by atoms with Crippen LogP contribution in [0.4, 0.5) is 0 Å². The fourth-order valence-electron chi connectivity index (χ4n) is 1.84. The van der Waals surface area contributed by atoms with Crippen LogP contribution >= 0.6 is 0 Å². The molecule has 4 N–H and O–H groups in total. The summed E-state index contributed by atoms with van der Waals surface area (Å²) in [4.78, 5) is 0. The molecule has 0 spiro atoms. The first-order valence-electron chi connectivity index (χ1n) is 7.10. The maximum absolute atomic E-state index is 9.74. The van der Waals surface area contributed by atoms with Crippen molar-refractivity contribution in [2.45, 2.75) is 64.5 Å². The van der Waals surface area contributed by atoms with Crippen molar-refractivity contribution in [1.82, 2.24) is 5.43 Å². The van der Waals surface area contributed by atoms with Gasteiger partial charge in [0.1, 0.15) is 12.6 Å². The smallest absolute Gasteiger partial charge is 0.126 e. The lowest BCUT2D eigenvalue weighted by molar-refractivity contribution is -1.13. The minimum Gasteiger partial charge on any atom is -0.391 e. The lowest BCUT2D eigenvalue weighted by Gasteiger charge is -2.22. The average Bonchev–Trinajstić information content (AvgIpc) is 2.33. The van der Waals surface area contributed by atoms with Crippen molar-refractivity contribution in [3.8, 4) is 0 Å². The second-order valence-corrected chi connectivity index (χ2v) is 4.91. The van der Waals surface area contributed by atoms with Crippen LogP contribution in [0, 0.1) is 0 Å². The normalized spacial score (nSPS) is 16.5. The third-order valence-electron chi connectivity index (χ3n) is 3.05. The predicted octanol–water partition coefficient (Wildman–Crippen LogP) is 0.521. The molecule has 0 amide bonds. The Labute approximate surface area is 111 Å². The summed E-state index contributed by atoms with van der Waals surface area (Å²) in [6.45, 7) is 4.93. The lowest BCUT2D eigenvalue weighted by atomic mass is 10.1. The maximum Gasteiger partial charge on any atom is 0.126 e. The molecule has 0 bridgehead atoms. The molecule has 0 aliphatic carbocycles. The fourth-order valence-corrected chi connectivity index (χ4v) is 1.84. The number of hydroxylamine groups is 1. The van der Waals surface area contributed by atoms with E-state index < -0.39 is 6.10 Å². The minimum atomic E-state index is -0.545. The molecule has 3 unspecified atom stereocenters. The minimum absolute atomic E-state index is 0.241. The maximum atomic E-state index is 9.74. The first kappa shape index (κ1) is 17.8. The number of nitrogens with one attached hydrogen (secondary N) is 2. The van der Waals surface area contributed by atoms with Crippen LogP contribution in [-0.2, 0) is 4.74 Å². The van der Waals surface area contributed by atoms with E-state index >= 15 is 0 Å². The van der Waals surface area contributed by atoms with Crippen LogP contribution in [0.2, 0.25) is 0 Å². The highest BCUT2D eigenvalue weighted by Crippen LogP contribution is 2.03. The van der Waals surface area contributed by atoms with Gasteiger partial charge in [-0.15, -0.1) is 10.6 Å². The van der Waals surface area contributed by atoms with Crippen molar-refractivity contribution in [1.29, 1.82) is 0 Å². The molecule has 0 aromatic carbocycles. The Morgan fingerprint density at radius 3 is 2.33 bits per heavy atom. The molecule has 0 fully saturated rings. The van der Waals surface area contributed by atoms with Crippen LogP contribution in [0.25, 0.3) is 0 Å². The van der Waals surface area contributed by atoms with Crippen molar-refractivity contribution in [3.63, 3.8) is 0 Å². The van der Waals surface area contributed by atoms with E-state index in [1.165, 1.54) is 25.7 Å². The largest absolute Gasteiger partial charge is 0.391 e. The highest BCUT2D eigenvalue weighted by atomic mass is 16.5. The summed E-state index contributed by atoms with van der Waals surface area (Å²) in [6.07, 6.45) is 6.66. The number of aliphatic hydroxyl groups is 1. The predicted molar refractivity (Wildman–Crippen MR) is 71.5 cm³/mol. The van der Waals surface area contributed by atoms with Gasteiger partial charge in [0, 0.05) is 13.5 Å². The molecule has 0 saturated heterocycles. The molecule has 0 aliphatic heterocycles. The summed E-state index contributed by atoms with van der Waals surface area (Å²) < 4.78 is 4.99. The summed E-state index contributed by atoms with van der Waals surface area (Å²) >= 11 is 0. The summed E-state index contributed by atoms with van der Waals surface area (Å²) in [6, 6.07) is -0.241. The van der Waals surface area contributed by atoms with Crippen LogP contribution < -0.4 is 10.6 Å². The van der Waals surface area contributed by atoms with E-state index in [-0.39, 0.29) is 11.2 Å². The number of aliphatic hydroxyl groups excluding tert-OH is 1. The quantitative estimate of drug-likeness (QED) is 0.306. The molecule has 0 heterocycles. The molecule has 0 aromatic rings. The lowest BCUT2D eigenvalue weighted by Crippen LogP contribution is -3.17. The molecule has 5 heteroatoms. The zero-order valence-electron chi connectivity index (χ0n) is 12.1. The fraction of sp³-hybridized carbons (Fsp3) is 1.00. The highest BCUT2D eigenvalue weighted by Gasteiger charge is 2.19. The first-order valence-corrected chi connectivity index (χ1v) is 7.10. The second kappa shape index (κ2) is 11.9. The van der Waals surface area contributed by atoms with Crippen LogP contribution in [-0.4, -0.2) is 42.7 Å². The van der Waals surface area contributed by atoms with Gasteiger partial charge in [0.05, 0.1) is 12.7 Å². The van der Waals surface area contributed by atoms with Gasteiger partial charge in [-0.1, -0.05) is 32.6 Å². The van der Waals surface area contributed by atoms with Gasteiger partial charge >= 0.3 is 0 Å². The van der Waals surface area contributed by atoms with Gasteiger partial charge in [-0.3, -0.25) is 0 Å². The Morgan fingerprint density at radius 2 is 1.78 bits per heavy atom. The van der Waals surface area contributed by atoms with Crippen LogP contribution in [0.3, 0.4) is 0 Å². The second-order valence-electron chi connectivity index (χ2n) is 4.91.